The van der Waals surface area contributed by atoms with Crippen LogP contribution in [0, 0.1) is 5.82 Å². The molecule has 1 heterocycles. The predicted octanol–water partition coefficient (Wildman–Crippen LogP) is 4.32. The maximum Gasteiger partial charge on any atom is 0.134 e. The van der Waals surface area contributed by atoms with Gasteiger partial charge in [0.15, 0.2) is 0 Å². The fourth-order valence-corrected chi connectivity index (χ4v) is 2.77. The summed E-state index contributed by atoms with van der Waals surface area (Å²) in [4.78, 5) is 0. The minimum Gasteiger partial charge on any atom is -0.460 e. The maximum atomic E-state index is 12.9. The van der Waals surface area contributed by atoms with Crippen molar-refractivity contribution in [1.82, 2.24) is 5.32 Å². The Morgan fingerprint density at radius 3 is 2.60 bits per heavy atom. The lowest BCUT2D eigenvalue weighted by molar-refractivity contribution is 0.459. The van der Waals surface area contributed by atoms with Crippen LogP contribution in [0.4, 0.5) is 4.39 Å². The standard InChI is InChI=1S/C16H20FNOS/c1-3-14(11-20-2)18-10-15-8-9-16(19-15)12-4-6-13(17)7-5-12/h4-9,14,18H,3,10-11H2,1-2H3. The summed E-state index contributed by atoms with van der Waals surface area (Å²) in [6.07, 6.45) is 3.22. The van der Waals surface area contributed by atoms with Gasteiger partial charge in [-0.1, -0.05) is 6.92 Å². The van der Waals surface area contributed by atoms with Crippen molar-refractivity contribution in [2.24, 2.45) is 0 Å². The first-order chi connectivity index (χ1) is 9.72. The molecule has 2 rings (SSSR count). The highest BCUT2D eigenvalue weighted by atomic mass is 32.2. The minimum atomic E-state index is -0.231. The van der Waals surface area contributed by atoms with Crippen LogP contribution in [0.25, 0.3) is 11.3 Å². The predicted molar refractivity (Wildman–Crippen MR) is 83.4 cm³/mol. The van der Waals surface area contributed by atoms with Crippen molar-refractivity contribution in [2.45, 2.75) is 25.9 Å². The molecule has 0 amide bonds. The fourth-order valence-electron chi connectivity index (χ4n) is 2.01. The minimum absolute atomic E-state index is 0.231. The second-order valence-corrected chi connectivity index (χ2v) is 5.62. The molecule has 1 atom stereocenters. The molecule has 0 saturated carbocycles. The van der Waals surface area contributed by atoms with Crippen LogP contribution < -0.4 is 5.32 Å². The number of rotatable bonds is 7. The van der Waals surface area contributed by atoms with Crippen molar-refractivity contribution < 1.29 is 8.81 Å². The molecule has 1 aromatic heterocycles. The molecule has 0 radical (unpaired) electrons. The van der Waals surface area contributed by atoms with Gasteiger partial charge in [-0.25, -0.2) is 4.39 Å². The van der Waals surface area contributed by atoms with E-state index in [1.165, 1.54) is 12.1 Å². The van der Waals surface area contributed by atoms with E-state index in [4.69, 9.17) is 4.42 Å². The highest BCUT2D eigenvalue weighted by Crippen LogP contribution is 2.22. The molecular weight excluding hydrogens is 273 g/mol. The molecule has 0 aliphatic rings. The number of benzene rings is 1. The smallest absolute Gasteiger partial charge is 0.134 e. The molecule has 2 aromatic rings. The Labute approximate surface area is 123 Å². The van der Waals surface area contributed by atoms with Crippen LogP contribution in [-0.4, -0.2) is 18.1 Å². The molecule has 1 N–H and O–H groups in total. The second-order valence-electron chi connectivity index (χ2n) is 4.71. The number of hydrogen-bond acceptors (Lipinski definition) is 3. The van der Waals surface area contributed by atoms with E-state index in [0.717, 1.165) is 35.8 Å². The molecule has 20 heavy (non-hydrogen) atoms. The van der Waals surface area contributed by atoms with E-state index in [1.807, 2.05) is 23.9 Å². The average molecular weight is 293 g/mol. The molecule has 4 heteroatoms. The molecule has 2 nitrogen and oxygen atoms in total. The molecule has 1 aromatic carbocycles. The molecular formula is C16H20FNOS. The zero-order chi connectivity index (χ0) is 14.4. The van der Waals surface area contributed by atoms with Gasteiger partial charge in [0.05, 0.1) is 6.54 Å². The third-order valence-corrected chi connectivity index (χ3v) is 3.95. The van der Waals surface area contributed by atoms with E-state index >= 15 is 0 Å². The topological polar surface area (TPSA) is 25.2 Å². The van der Waals surface area contributed by atoms with Crippen molar-refractivity contribution in [3.63, 3.8) is 0 Å². The van der Waals surface area contributed by atoms with Crippen LogP contribution in [0.1, 0.15) is 19.1 Å². The van der Waals surface area contributed by atoms with Gasteiger partial charge in [0.2, 0.25) is 0 Å². The molecule has 108 valence electrons. The van der Waals surface area contributed by atoms with Crippen LogP contribution in [0.2, 0.25) is 0 Å². The molecule has 0 bridgehead atoms. The van der Waals surface area contributed by atoms with E-state index in [0.29, 0.717) is 6.04 Å². The largest absolute Gasteiger partial charge is 0.460 e. The Morgan fingerprint density at radius 1 is 1.20 bits per heavy atom. The van der Waals surface area contributed by atoms with Crippen LogP contribution in [-0.2, 0) is 6.54 Å². The Morgan fingerprint density at radius 2 is 1.95 bits per heavy atom. The molecule has 0 aliphatic heterocycles. The number of hydrogen-bond donors (Lipinski definition) is 1. The quantitative estimate of drug-likeness (QED) is 0.823. The van der Waals surface area contributed by atoms with Crippen molar-refractivity contribution >= 4 is 11.8 Å². The van der Waals surface area contributed by atoms with Gasteiger partial charge in [0.1, 0.15) is 17.3 Å². The second kappa shape index (κ2) is 7.50. The lowest BCUT2D eigenvalue weighted by atomic mass is 10.2. The zero-order valence-corrected chi connectivity index (χ0v) is 12.7. The van der Waals surface area contributed by atoms with Crippen molar-refractivity contribution in [3.05, 3.63) is 48.0 Å². The van der Waals surface area contributed by atoms with E-state index in [2.05, 4.69) is 18.5 Å². The van der Waals surface area contributed by atoms with E-state index in [-0.39, 0.29) is 5.82 Å². The van der Waals surface area contributed by atoms with Crippen LogP contribution in [0.15, 0.2) is 40.8 Å². The van der Waals surface area contributed by atoms with Crippen LogP contribution in [0.3, 0.4) is 0 Å². The summed E-state index contributed by atoms with van der Waals surface area (Å²) in [5, 5.41) is 3.49. The number of halogens is 1. The highest BCUT2D eigenvalue weighted by Gasteiger charge is 2.08. The Hall–Kier alpha value is -1.26. The Kier molecular flexibility index (Phi) is 5.68. The van der Waals surface area contributed by atoms with E-state index in [9.17, 15) is 4.39 Å². The SMILES string of the molecule is CCC(CSC)NCc1ccc(-c2ccc(F)cc2)o1. The van der Waals surface area contributed by atoms with Crippen molar-refractivity contribution in [3.8, 4) is 11.3 Å². The summed E-state index contributed by atoms with van der Waals surface area (Å²) in [7, 11) is 0. The first kappa shape index (κ1) is 15.1. The monoisotopic (exact) mass is 293 g/mol. The van der Waals surface area contributed by atoms with Crippen LogP contribution >= 0.6 is 11.8 Å². The summed E-state index contributed by atoms with van der Waals surface area (Å²) in [6, 6.07) is 10.8. The molecule has 0 aliphatic carbocycles. The van der Waals surface area contributed by atoms with Gasteiger partial charge in [-0.3, -0.25) is 0 Å². The van der Waals surface area contributed by atoms with Gasteiger partial charge in [-0.2, -0.15) is 11.8 Å². The van der Waals surface area contributed by atoms with E-state index < -0.39 is 0 Å². The number of thioether (sulfide) groups is 1. The molecule has 1 unspecified atom stereocenters. The average Bonchev–Trinajstić information content (AvgIpc) is 2.93. The summed E-state index contributed by atoms with van der Waals surface area (Å²) in [5.74, 6) is 2.55. The van der Waals surface area contributed by atoms with Gasteiger partial charge in [-0.15, -0.1) is 0 Å². The highest BCUT2D eigenvalue weighted by molar-refractivity contribution is 7.98. The third kappa shape index (κ3) is 4.12. The summed E-state index contributed by atoms with van der Waals surface area (Å²) in [5.41, 5.74) is 0.897. The molecule has 0 fully saturated rings. The fraction of sp³-hybridized carbons (Fsp3) is 0.375. The zero-order valence-electron chi connectivity index (χ0n) is 11.9. The first-order valence-electron chi connectivity index (χ1n) is 6.80. The number of furan rings is 1. The lowest BCUT2D eigenvalue weighted by Crippen LogP contribution is -2.29. The number of nitrogens with one attached hydrogen (secondary N) is 1. The van der Waals surface area contributed by atoms with Gasteiger partial charge in [-0.05, 0) is 49.1 Å². The summed E-state index contributed by atoms with van der Waals surface area (Å²) in [6.45, 7) is 2.90. The van der Waals surface area contributed by atoms with Gasteiger partial charge in [0, 0.05) is 17.4 Å². The van der Waals surface area contributed by atoms with Gasteiger partial charge in [0.25, 0.3) is 0 Å². The lowest BCUT2D eigenvalue weighted by Gasteiger charge is -2.14. The van der Waals surface area contributed by atoms with E-state index in [1.54, 1.807) is 12.1 Å². The normalized spacial score (nSPS) is 12.6. The first-order valence-corrected chi connectivity index (χ1v) is 8.19. The summed E-state index contributed by atoms with van der Waals surface area (Å²) >= 11 is 1.84. The van der Waals surface area contributed by atoms with Crippen LogP contribution in [0.5, 0.6) is 0 Å². The third-order valence-electron chi connectivity index (χ3n) is 3.22. The van der Waals surface area contributed by atoms with Crippen molar-refractivity contribution in [1.29, 1.82) is 0 Å². The Bertz CT molecular complexity index is 524. The molecule has 0 spiro atoms. The van der Waals surface area contributed by atoms with Crippen molar-refractivity contribution in [2.75, 3.05) is 12.0 Å². The Balaban J connectivity index is 1.96. The van der Waals surface area contributed by atoms with Gasteiger partial charge >= 0.3 is 0 Å². The summed E-state index contributed by atoms with van der Waals surface area (Å²) < 4.78 is 18.7. The maximum absolute atomic E-state index is 12.9. The van der Waals surface area contributed by atoms with Gasteiger partial charge < -0.3 is 9.73 Å². The molecule has 0 saturated heterocycles.